The molecule has 1 aromatic heterocycles. The molecule has 4 amide bonds. The number of thiophene rings is 1. The Balaban J connectivity index is 1.39. The number of carbonyl (C=O) groups is 3. The first-order valence-electron chi connectivity index (χ1n) is 12.0. The number of nitrogens with one attached hydrogen (secondary N) is 2. The van der Waals surface area contributed by atoms with E-state index in [9.17, 15) is 14.4 Å². The van der Waals surface area contributed by atoms with Crippen LogP contribution in [0.4, 0.5) is 9.59 Å². The molecule has 0 aromatic carbocycles. The molecule has 33 heavy (non-hydrogen) atoms. The lowest BCUT2D eigenvalue weighted by molar-refractivity contribution is -0.127. The summed E-state index contributed by atoms with van der Waals surface area (Å²) >= 11 is 1.58. The second-order valence-corrected chi connectivity index (χ2v) is 11.7. The van der Waals surface area contributed by atoms with Gasteiger partial charge in [0.25, 0.3) is 0 Å². The van der Waals surface area contributed by atoms with Crippen molar-refractivity contribution in [2.24, 2.45) is 11.3 Å². The van der Waals surface area contributed by atoms with Crippen LogP contribution < -0.4 is 10.6 Å². The Hall–Kier alpha value is -2.29. The molecule has 182 valence electrons. The number of urea groups is 1. The van der Waals surface area contributed by atoms with Gasteiger partial charge in [0.1, 0.15) is 5.60 Å². The molecule has 3 fully saturated rings. The molecular formula is C24H36N4O4S. The first kappa shape index (κ1) is 23.9. The molecule has 0 bridgehead atoms. The third kappa shape index (κ3) is 6.19. The van der Waals surface area contributed by atoms with Gasteiger partial charge in [-0.25, -0.2) is 9.59 Å². The summed E-state index contributed by atoms with van der Waals surface area (Å²) in [6.07, 6.45) is 4.81. The van der Waals surface area contributed by atoms with Gasteiger partial charge in [0.2, 0.25) is 5.91 Å². The molecule has 2 aliphatic heterocycles. The van der Waals surface area contributed by atoms with Crippen LogP contribution in [0.25, 0.3) is 0 Å². The molecule has 1 aliphatic carbocycles. The quantitative estimate of drug-likeness (QED) is 0.695. The fourth-order valence-corrected chi connectivity index (χ4v) is 5.36. The van der Waals surface area contributed by atoms with Crippen molar-refractivity contribution in [3.8, 4) is 0 Å². The molecule has 9 heteroatoms. The van der Waals surface area contributed by atoms with Crippen LogP contribution in [0.5, 0.6) is 0 Å². The van der Waals surface area contributed by atoms with Gasteiger partial charge < -0.3 is 25.2 Å². The number of rotatable bonds is 4. The van der Waals surface area contributed by atoms with Gasteiger partial charge in [-0.1, -0.05) is 6.07 Å². The Morgan fingerprint density at radius 2 is 1.85 bits per heavy atom. The van der Waals surface area contributed by atoms with Crippen molar-refractivity contribution in [3.63, 3.8) is 0 Å². The average molecular weight is 477 g/mol. The minimum Gasteiger partial charge on any atom is -0.444 e. The maximum atomic E-state index is 13.2. The number of ether oxygens (including phenoxy) is 1. The fourth-order valence-electron chi connectivity index (χ4n) is 4.71. The van der Waals surface area contributed by atoms with E-state index in [-0.39, 0.29) is 24.5 Å². The molecule has 2 saturated heterocycles. The van der Waals surface area contributed by atoms with Crippen molar-refractivity contribution in [3.05, 3.63) is 22.4 Å². The Kier molecular flexibility index (Phi) is 6.88. The van der Waals surface area contributed by atoms with Gasteiger partial charge in [-0.05, 0) is 69.7 Å². The van der Waals surface area contributed by atoms with Crippen LogP contribution in [0.3, 0.4) is 0 Å². The Morgan fingerprint density at radius 1 is 1.12 bits per heavy atom. The Morgan fingerprint density at radius 3 is 2.45 bits per heavy atom. The van der Waals surface area contributed by atoms with E-state index in [1.54, 1.807) is 16.2 Å². The van der Waals surface area contributed by atoms with E-state index in [0.29, 0.717) is 24.9 Å². The van der Waals surface area contributed by atoms with Crippen molar-refractivity contribution < 1.29 is 19.1 Å². The van der Waals surface area contributed by atoms with Crippen LogP contribution in [0, 0.1) is 11.3 Å². The Labute approximate surface area is 200 Å². The number of amides is 4. The lowest BCUT2D eigenvalue weighted by atomic mass is 9.91. The monoisotopic (exact) mass is 476 g/mol. The van der Waals surface area contributed by atoms with Gasteiger partial charge in [0.05, 0.1) is 12.5 Å². The van der Waals surface area contributed by atoms with Crippen LogP contribution >= 0.6 is 11.3 Å². The molecule has 1 spiro atoms. The van der Waals surface area contributed by atoms with Crippen LogP contribution in [0.1, 0.15) is 57.8 Å². The number of hydrogen-bond donors (Lipinski definition) is 2. The van der Waals surface area contributed by atoms with Crippen LogP contribution in [0.2, 0.25) is 0 Å². The number of carbonyl (C=O) groups excluding carboxylic acids is 3. The van der Waals surface area contributed by atoms with E-state index < -0.39 is 17.6 Å². The van der Waals surface area contributed by atoms with Gasteiger partial charge >= 0.3 is 12.1 Å². The number of hydrogen-bond acceptors (Lipinski definition) is 5. The molecule has 3 aliphatic rings. The summed E-state index contributed by atoms with van der Waals surface area (Å²) in [6.45, 7) is 8.13. The van der Waals surface area contributed by atoms with Gasteiger partial charge in [-0.2, -0.15) is 0 Å². The number of likely N-dealkylation sites (tertiary alicyclic amines) is 2. The van der Waals surface area contributed by atoms with Gasteiger partial charge in [0, 0.05) is 37.1 Å². The maximum Gasteiger partial charge on any atom is 0.410 e. The average Bonchev–Trinajstić information content (AvgIpc) is 3.30. The first-order chi connectivity index (χ1) is 15.6. The van der Waals surface area contributed by atoms with E-state index >= 15 is 0 Å². The van der Waals surface area contributed by atoms with Crippen molar-refractivity contribution in [2.45, 2.75) is 71.1 Å². The van der Waals surface area contributed by atoms with E-state index in [1.807, 2.05) is 43.2 Å². The summed E-state index contributed by atoms with van der Waals surface area (Å²) in [7, 11) is 0. The molecule has 2 N–H and O–H groups in total. The van der Waals surface area contributed by atoms with Crippen molar-refractivity contribution in [1.29, 1.82) is 0 Å². The van der Waals surface area contributed by atoms with Crippen LogP contribution in [-0.4, -0.2) is 65.7 Å². The lowest BCUT2D eigenvalue weighted by Crippen LogP contribution is -2.59. The summed E-state index contributed by atoms with van der Waals surface area (Å²) in [5.74, 6) is -0.688. The third-order valence-corrected chi connectivity index (χ3v) is 7.87. The molecule has 0 radical (unpaired) electrons. The topological polar surface area (TPSA) is 91.0 Å². The van der Waals surface area contributed by atoms with Crippen molar-refractivity contribution in [1.82, 2.24) is 20.4 Å². The predicted molar refractivity (Wildman–Crippen MR) is 127 cm³/mol. The van der Waals surface area contributed by atoms with Crippen molar-refractivity contribution >= 4 is 29.4 Å². The molecule has 0 unspecified atom stereocenters. The SMILES string of the molecule is CC(C)(C)OC(=O)N1CC[C@@H](NC(=O)N2CCC3(CC2)CC3)[C@@H](C(=O)NCc2cccs2)C1. The van der Waals surface area contributed by atoms with Gasteiger partial charge in [-0.15, -0.1) is 11.3 Å². The van der Waals surface area contributed by atoms with Crippen molar-refractivity contribution in [2.75, 3.05) is 26.2 Å². The molecular weight excluding hydrogens is 440 g/mol. The minimum atomic E-state index is -0.605. The van der Waals surface area contributed by atoms with E-state index in [0.717, 1.165) is 30.8 Å². The number of nitrogens with zero attached hydrogens (tertiary/aromatic N) is 2. The summed E-state index contributed by atoms with van der Waals surface area (Å²) in [6, 6.07) is 3.50. The fraction of sp³-hybridized carbons (Fsp3) is 0.708. The predicted octanol–water partition coefficient (Wildman–Crippen LogP) is 3.58. The second-order valence-electron chi connectivity index (χ2n) is 10.7. The normalized spacial score (nSPS) is 24.3. The highest BCUT2D eigenvalue weighted by atomic mass is 32.1. The zero-order valence-electron chi connectivity index (χ0n) is 19.9. The highest BCUT2D eigenvalue weighted by Crippen LogP contribution is 2.53. The largest absolute Gasteiger partial charge is 0.444 e. The van der Waals surface area contributed by atoms with E-state index in [1.165, 1.54) is 12.8 Å². The Bertz CT molecular complexity index is 852. The minimum absolute atomic E-state index is 0.0997. The van der Waals surface area contributed by atoms with Gasteiger partial charge in [-0.3, -0.25) is 4.79 Å². The molecule has 1 saturated carbocycles. The van der Waals surface area contributed by atoms with E-state index in [4.69, 9.17) is 4.74 Å². The molecule has 4 rings (SSSR count). The molecule has 1 aromatic rings. The summed E-state index contributed by atoms with van der Waals surface area (Å²) < 4.78 is 5.52. The lowest BCUT2D eigenvalue weighted by Gasteiger charge is -2.40. The van der Waals surface area contributed by atoms with Crippen LogP contribution in [0.15, 0.2) is 17.5 Å². The molecule has 3 heterocycles. The smallest absolute Gasteiger partial charge is 0.410 e. The highest BCUT2D eigenvalue weighted by Gasteiger charge is 2.45. The summed E-state index contributed by atoms with van der Waals surface area (Å²) in [5, 5.41) is 8.08. The standard InChI is InChI=1S/C24H36N4O4S/c1-23(2,3)32-22(31)28-11-6-19(18(16-28)20(29)25-15-17-5-4-14-33-17)26-21(30)27-12-9-24(7-8-24)10-13-27/h4-5,14,18-19H,6-13,15-16H2,1-3H3,(H,25,29)(H,26,30)/t18-,19+/m0/s1. The zero-order chi connectivity index (χ0) is 23.6. The number of piperidine rings is 2. The van der Waals surface area contributed by atoms with Crippen LogP contribution in [-0.2, 0) is 16.1 Å². The van der Waals surface area contributed by atoms with E-state index in [2.05, 4.69) is 10.6 Å². The van der Waals surface area contributed by atoms with Gasteiger partial charge in [0.15, 0.2) is 0 Å². The molecule has 2 atom stereocenters. The third-order valence-electron chi connectivity index (χ3n) is 7.00. The summed E-state index contributed by atoms with van der Waals surface area (Å²) in [5.41, 5.74) is -0.105. The second kappa shape index (κ2) is 9.52. The first-order valence-corrected chi connectivity index (χ1v) is 12.9. The zero-order valence-corrected chi connectivity index (χ0v) is 20.7. The highest BCUT2D eigenvalue weighted by molar-refractivity contribution is 7.09. The molecule has 8 nitrogen and oxygen atoms in total. The summed E-state index contributed by atoms with van der Waals surface area (Å²) in [4.78, 5) is 43.3. The maximum absolute atomic E-state index is 13.2.